The summed E-state index contributed by atoms with van der Waals surface area (Å²) in [4.78, 5) is 2.42. The van der Waals surface area contributed by atoms with Crippen molar-refractivity contribution in [2.75, 3.05) is 13.1 Å². The number of H-pyrrole nitrogens is 1. The van der Waals surface area contributed by atoms with Crippen molar-refractivity contribution in [3.8, 4) is 0 Å². The highest BCUT2D eigenvalue weighted by Gasteiger charge is 2.28. The quantitative estimate of drug-likeness (QED) is 0.886. The standard InChI is InChI=1S/C20H28FN3O/c1-20(2,3)19-16(12-22-23-19)13-24-10-8-15(9-11-24)18(25)14-4-6-17(21)7-5-14/h4-7,12,15,18,25H,8-11,13H2,1-3H3,(H,22,23). The number of rotatable bonds is 4. The molecule has 0 amide bonds. The highest BCUT2D eigenvalue weighted by Crippen LogP contribution is 2.32. The van der Waals surface area contributed by atoms with E-state index < -0.39 is 6.10 Å². The number of hydrogen-bond acceptors (Lipinski definition) is 3. The van der Waals surface area contributed by atoms with E-state index in [2.05, 4.69) is 35.9 Å². The van der Waals surface area contributed by atoms with Gasteiger partial charge in [0.15, 0.2) is 0 Å². The molecule has 1 unspecified atom stereocenters. The van der Waals surface area contributed by atoms with Gasteiger partial charge < -0.3 is 5.11 Å². The second-order valence-electron chi connectivity index (χ2n) is 8.13. The van der Waals surface area contributed by atoms with Crippen LogP contribution in [0, 0.1) is 11.7 Å². The number of aliphatic hydroxyl groups excluding tert-OH is 1. The van der Waals surface area contributed by atoms with Gasteiger partial charge in [0.1, 0.15) is 5.82 Å². The molecule has 0 radical (unpaired) electrons. The molecule has 0 spiro atoms. The minimum absolute atomic E-state index is 0.0585. The fourth-order valence-corrected chi connectivity index (χ4v) is 3.68. The lowest BCUT2D eigenvalue weighted by molar-refractivity contribution is 0.0566. The average molecular weight is 345 g/mol. The van der Waals surface area contributed by atoms with Gasteiger partial charge in [-0.2, -0.15) is 5.10 Å². The van der Waals surface area contributed by atoms with Crippen molar-refractivity contribution in [3.63, 3.8) is 0 Å². The fourth-order valence-electron chi connectivity index (χ4n) is 3.68. The molecule has 0 saturated carbocycles. The predicted molar refractivity (Wildman–Crippen MR) is 96.6 cm³/mol. The minimum atomic E-state index is -0.512. The smallest absolute Gasteiger partial charge is 0.123 e. The third kappa shape index (κ3) is 4.28. The van der Waals surface area contributed by atoms with Crippen molar-refractivity contribution in [2.45, 2.75) is 51.7 Å². The van der Waals surface area contributed by atoms with E-state index in [0.29, 0.717) is 0 Å². The maximum atomic E-state index is 13.0. The summed E-state index contributed by atoms with van der Waals surface area (Å²) in [5.41, 5.74) is 3.32. The van der Waals surface area contributed by atoms with Gasteiger partial charge in [-0.1, -0.05) is 32.9 Å². The summed E-state index contributed by atoms with van der Waals surface area (Å²) in [6.07, 6.45) is 3.31. The summed E-state index contributed by atoms with van der Waals surface area (Å²) in [6, 6.07) is 6.21. The molecule has 3 rings (SSSR count). The van der Waals surface area contributed by atoms with Gasteiger partial charge in [0, 0.05) is 23.2 Å². The number of halogens is 1. The summed E-state index contributed by atoms with van der Waals surface area (Å²) in [6.45, 7) is 9.37. The Morgan fingerprint density at radius 2 is 1.88 bits per heavy atom. The third-order valence-corrected chi connectivity index (χ3v) is 5.15. The van der Waals surface area contributed by atoms with E-state index in [4.69, 9.17) is 0 Å². The number of likely N-dealkylation sites (tertiary alicyclic amines) is 1. The van der Waals surface area contributed by atoms with E-state index in [1.165, 1.54) is 23.4 Å². The van der Waals surface area contributed by atoms with Gasteiger partial charge in [0.25, 0.3) is 0 Å². The van der Waals surface area contributed by atoms with Crippen molar-refractivity contribution in [1.82, 2.24) is 15.1 Å². The Morgan fingerprint density at radius 1 is 1.24 bits per heavy atom. The van der Waals surface area contributed by atoms with Crippen molar-refractivity contribution in [2.24, 2.45) is 5.92 Å². The van der Waals surface area contributed by atoms with Crippen molar-refractivity contribution in [3.05, 3.63) is 53.1 Å². The Bertz CT molecular complexity index is 682. The molecule has 1 saturated heterocycles. The number of nitrogens with zero attached hydrogens (tertiary/aromatic N) is 2. The SMILES string of the molecule is CC(C)(C)c1[nH]ncc1CN1CCC(C(O)c2ccc(F)cc2)CC1. The molecule has 1 atom stereocenters. The van der Waals surface area contributed by atoms with Gasteiger partial charge in [0.2, 0.25) is 0 Å². The Morgan fingerprint density at radius 3 is 2.48 bits per heavy atom. The van der Waals surface area contributed by atoms with Crippen molar-refractivity contribution >= 4 is 0 Å². The molecule has 1 aliphatic rings. The second kappa shape index (κ2) is 7.26. The summed E-state index contributed by atoms with van der Waals surface area (Å²) in [5.74, 6) is -0.0336. The zero-order chi connectivity index (χ0) is 18.0. The van der Waals surface area contributed by atoms with E-state index >= 15 is 0 Å². The van der Waals surface area contributed by atoms with Crippen LogP contribution in [0.2, 0.25) is 0 Å². The van der Waals surface area contributed by atoms with Gasteiger partial charge in [-0.3, -0.25) is 10.00 Å². The zero-order valence-electron chi connectivity index (χ0n) is 15.3. The molecule has 2 aromatic rings. The Labute approximate surface area is 149 Å². The number of aromatic amines is 1. The molecule has 136 valence electrons. The number of nitrogens with one attached hydrogen (secondary N) is 1. The second-order valence-corrected chi connectivity index (χ2v) is 8.13. The van der Waals surface area contributed by atoms with Gasteiger partial charge in [-0.15, -0.1) is 0 Å². The first-order chi connectivity index (χ1) is 11.8. The summed E-state index contributed by atoms with van der Waals surface area (Å²) in [7, 11) is 0. The maximum Gasteiger partial charge on any atom is 0.123 e. The molecular weight excluding hydrogens is 317 g/mol. The largest absolute Gasteiger partial charge is 0.388 e. The molecule has 1 fully saturated rings. The van der Waals surface area contributed by atoms with E-state index in [1.54, 1.807) is 12.1 Å². The molecule has 1 aromatic carbocycles. The topological polar surface area (TPSA) is 52.2 Å². The van der Waals surface area contributed by atoms with Gasteiger partial charge in [0.05, 0.1) is 12.3 Å². The van der Waals surface area contributed by atoms with Crippen LogP contribution in [0.4, 0.5) is 4.39 Å². The molecule has 4 nitrogen and oxygen atoms in total. The van der Waals surface area contributed by atoms with E-state index in [9.17, 15) is 9.50 Å². The van der Waals surface area contributed by atoms with Gasteiger partial charge in [-0.25, -0.2) is 4.39 Å². The summed E-state index contributed by atoms with van der Waals surface area (Å²) in [5, 5.41) is 17.9. The predicted octanol–water partition coefficient (Wildman–Crippen LogP) is 3.79. The van der Waals surface area contributed by atoms with E-state index in [0.717, 1.165) is 38.0 Å². The molecule has 1 aliphatic heterocycles. The normalized spacial score (nSPS) is 18.4. The van der Waals surface area contributed by atoms with Crippen LogP contribution in [-0.4, -0.2) is 33.3 Å². The third-order valence-electron chi connectivity index (χ3n) is 5.15. The van der Waals surface area contributed by atoms with Crippen LogP contribution in [-0.2, 0) is 12.0 Å². The Balaban J connectivity index is 1.57. The summed E-state index contributed by atoms with van der Waals surface area (Å²) >= 11 is 0. The van der Waals surface area contributed by atoms with E-state index in [1.807, 2.05) is 6.20 Å². The zero-order valence-corrected chi connectivity index (χ0v) is 15.3. The Kier molecular flexibility index (Phi) is 5.25. The number of aliphatic hydroxyl groups is 1. The number of hydrogen-bond donors (Lipinski definition) is 2. The lowest BCUT2D eigenvalue weighted by Crippen LogP contribution is -2.35. The maximum absolute atomic E-state index is 13.0. The number of benzene rings is 1. The van der Waals surface area contributed by atoms with Crippen LogP contribution in [0.3, 0.4) is 0 Å². The molecule has 0 bridgehead atoms. The van der Waals surface area contributed by atoms with E-state index in [-0.39, 0.29) is 17.2 Å². The van der Waals surface area contributed by atoms with Crippen LogP contribution in [0.1, 0.15) is 56.5 Å². The molecule has 2 N–H and O–H groups in total. The van der Waals surface area contributed by atoms with Crippen LogP contribution in [0.15, 0.2) is 30.5 Å². The average Bonchev–Trinajstić information content (AvgIpc) is 3.04. The first-order valence-electron chi connectivity index (χ1n) is 9.03. The van der Waals surface area contributed by atoms with Crippen molar-refractivity contribution in [1.29, 1.82) is 0 Å². The Hall–Kier alpha value is -1.72. The molecule has 2 heterocycles. The van der Waals surface area contributed by atoms with Crippen LogP contribution >= 0.6 is 0 Å². The highest BCUT2D eigenvalue weighted by molar-refractivity contribution is 5.23. The van der Waals surface area contributed by atoms with Crippen LogP contribution < -0.4 is 0 Å². The highest BCUT2D eigenvalue weighted by atomic mass is 19.1. The number of piperidine rings is 1. The van der Waals surface area contributed by atoms with Gasteiger partial charge in [-0.05, 0) is 49.5 Å². The first-order valence-corrected chi connectivity index (χ1v) is 9.03. The first kappa shape index (κ1) is 18.1. The molecule has 5 heteroatoms. The van der Waals surface area contributed by atoms with Crippen LogP contribution in [0.5, 0.6) is 0 Å². The van der Waals surface area contributed by atoms with Crippen molar-refractivity contribution < 1.29 is 9.50 Å². The fraction of sp³-hybridized carbons (Fsp3) is 0.550. The lowest BCUT2D eigenvalue weighted by atomic mass is 9.86. The molecular formula is C20H28FN3O. The molecule has 0 aliphatic carbocycles. The van der Waals surface area contributed by atoms with Crippen LogP contribution in [0.25, 0.3) is 0 Å². The minimum Gasteiger partial charge on any atom is -0.388 e. The van der Waals surface area contributed by atoms with Gasteiger partial charge >= 0.3 is 0 Å². The lowest BCUT2D eigenvalue weighted by Gasteiger charge is -2.34. The number of aromatic nitrogens is 2. The molecule has 25 heavy (non-hydrogen) atoms. The monoisotopic (exact) mass is 345 g/mol. The molecule has 1 aromatic heterocycles. The summed E-state index contributed by atoms with van der Waals surface area (Å²) < 4.78 is 13.0.